The van der Waals surface area contributed by atoms with Crippen molar-refractivity contribution in [2.24, 2.45) is 34.5 Å². The Morgan fingerprint density at radius 2 is 1.93 bits per heavy atom. The molecule has 1 aliphatic heterocycles. The van der Waals surface area contributed by atoms with E-state index in [2.05, 4.69) is 51.3 Å². The lowest BCUT2D eigenvalue weighted by Gasteiger charge is -2.58. The first-order valence-electron chi connectivity index (χ1n) is 10.8. The van der Waals surface area contributed by atoms with E-state index in [1.54, 1.807) is 6.08 Å². The lowest BCUT2D eigenvalue weighted by molar-refractivity contribution is -0.134. The van der Waals surface area contributed by atoms with Gasteiger partial charge in [-0.05, 0) is 88.5 Å². The number of carbonyl (C=O) groups excluding carboxylic acids is 2. The molecule has 0 bridgehead atoms. The van der Waals surface area contributed by atoms with E-state index in [1.165, 1.54) is 19.3 Å². The molecule has 150 valence electrons. The molecule has 2 amide bonds. The highest BCUT2D eigenvalue weighted by Crippen LogP contribution is 2.64. The second-order valence-corrected chi connectivity index (χ2v) is 11.2. The van der Waals surface area contributed by atoms with E-state index in [0.29, 0.717) is 11.8 Å². The van der Waals surface area contributed by atoms with E-state index in [-0.39, 0.29) is 40.1 Å². The van der Waals surface area contributed by atoms with Crippen molar-refractivity contribution in [1.29, 1.82) is 0 Å². The van der Waals surface area contributed by atoms with Crippen LogP contribution in [0.4, 0.5) is 0 Å². The van der Waals surface area contributed by atoms with Crippen LogP contribution in [0.2, 0.25) is 0 Å². The SMILES string of the molecule is CC(C)(C)NC(=O)C1CCC2CC3CCC4NC(=O)C=CC4(C)C3CC21C. The zero-order chi connectivity index (χ0) is 19.6. The van der Waals surface area contributed by atoms with Crippen molar-refractivity contribution in [3.05, 3.63) is 12.2 Å². The third-order valence-corrected chi connectivity index (χ3v) is 8.45. The highest BCUT2D eigenvalue weighted by molar-refractivity contribution is 5.89. The summed E-state index contributed by atoms with van der Waals surface area (Å²) in [6, 6.07) is 0.250. The molecule has 4 nitrogen and oxygen atoms in total. The van der Waals surface area contributed by atoms with Crippen molar-refractivity contribution in [3.63, 3.8) is 0 Å². The molecule has 4 heteroatoms. The van der Waals surface area contributed by atoms with Gasteiger partial charge >= 0.3 is 0 Å². The molecule has 0 aromatic carbocycles. The van der Waals surface area contributed by atoms with Gasteiger partial charge in [0.25, 0.3) is 0 Å². The highest BCUT2D eigenvalue weighted by atomic mass is 16.2. The zero-order valence-electron chi connectivity index (χ0n) is 17.6. The van der Waals surface area contributed by atoms with Crippen molar-refractivity contribution >= 4 is 11.8 Å². The summed E-state index contributed by atoms with van der Waals surface area (Å²) in [5, 5.41) is 6.48. The van der Waals surface area contributed by atoms with Crippen LogP contribution < -0.4 is 10.6 Å². The number of fused-ring (bicyclic) bond motifs is 4. The summed E-state index contributed by atoms with van der Waals surface area (Å²) in [6.45, 7) is 10.9. The fraction of sp³-hybridized carbons (Fsp3) is 0.826. The van der Waals surface area contributed by atoms with Gasteiger partial charge in [0.15, 0.2) is 0 Å². The average Bonchev–Trinajstić information content (AvgIpc) is 2.89. The first-order valence-corrected chi connectivity index (χ1v) is 10.8. The number of amides is 2. The Kier molecular flexibility index (Phi) is 4.29. The maximum atomic E-state index is 13.1. The topological polar surface area (TPSA) is 58.2 Å². The van der Waals surface area contributed by atoms with Gasteiger partial charge in [-0.15, -0.1) is 0 Å². The van der Waals surface area contributed by atoms with Gasteiger partial charge in [0.2, 0.25) is 11.8 Å². The maximum Gasteiger partial charge on any atom is 0.243 e. The minimum absolute atomic E-state index is 0.0262. The monoisotopic (exact) mass is 372 g/mol. The maximum absolute atomic E-state index is 13.1. The van der Waals surface area contributed by atoms with Gasteiger partial charge < -0.3 is 10.6 Å². The van der Waals surface area contributed by atoms with Crippen LogP contribution in [-0.2, 0) is 9.59 Å². The summed E-state index contributed by atoms with van der Waals surface area (Å²) in [4.78, 5) is 25.0. The molecule has 3 aliphatic carbocycles. The van der Waals surface area contributed by atoms with Crippen LogP contribution in [0.25, 0.3) is 0 Å². The van der Waals surface area contributed by atoms with Crippen LogP contribution >= 0.6 is 0 Å². The molecule has 4 rings (SSSR count). The van der Waals surface area contributed by atoms with Crippen molar-refractivity contribution in [3.8, 4) is 0 Å². The first kappa shape index (κ1) is 19.0. The third-order valence-electron chi connectivity index (χ3n) is 8.45. The summed E-state index contributed by atoms with van der Waals surface area (Å²) in [7, 11) is 0. The predicted molar refractivity (Wildman–Crippen MR) is 107 cm³/mol. The Morgan fingerprint density at radius 3 is 2.63 bits per heavy atom. The minimum Gasteiger partial charge on any atom is -0.351 e. The summed E-state index contributed by atoms with van der Waals surface area (Å²) >= 11 is 0. The summed E-state index contributed by atoms with van der Waals surface area (Å²) in [5.41, 5.74) is -0.0732. The van der Waals surface area contributed by atoms with Gasteiger partial charge in [-0.3, -0.25) is 9.59 Å². The Bertz CT molecular complexity index is 678. The molecular weight excluding hydrogens is 336 g/mol. The molecule has 3 saturated carbocycles. The van der Waals surface area contributed by atoms with Crippen molar-refractivity contribution < 1.29 is 9.59 Å². The van der Waals surface area contributed by atoms with Crippen LogP contribution in [0.15, 0.2) is 12.2 Å². The van der Waals surface area contributed by atoms with Gasteiger partial charge in [-0.1, -0.05) is 19.9 Å². The standard InChI is InChI=1S/C23H36N2O2/c1-21(2,3)25-20(27)16-8-7-15-12-14-6-9-18-22(4,11-10-19(26)24-18)17(14)13-23(15,16)5/h10-11,14-18H,6-9,12-13H2,1-5H3,(H,24,26)(H,25,27). The summed E-state index contributed by atoms with van der Waals surface area (Å²) < 4.78 is 0. The van der Waals surface area contributed by atoms with Crippen LogP contribution in [0, 0.1) is 34.5 Å². The smallest absolute Gasteiger partial charge is 0.243 e. The first-order chi connectivity index (χ1) is 12.5. The second-order valence-electron chi connectivity index (χ2n) is 11.2. The number of rotatable bonds is 1. The molecule has 27 heavy (non-hydrogen) atoms. The van der Waals surface area contributed by atoms with Crippen LogP contribution in [-0.4, -0.2) is 23.4 Å². The molecule has 2 N–H and O–H groups in total. The van der Waals surface area contributed by atoms with Gasteiger partial charge in [0, 0.05) is 22.9 Å². The molecule has 3 fully saturated rings. The lowest BCUT2D eigenvalue weighted by Crippen LogP contribution is -2.59. The highest BCUT2D eigenvalue weighted by Gasteiger charge is 2.60. The molecule has 0 aromatic rings. The van der Waals surface area contributed by atoms with Gasteiger partial charge in [-0.25, -0.2) is 0 Å². The summed E-state index contributed by atoms with van der Waals surface area (Å²) in [6.07, 6.45) is 10.8. The Hall–Kier alpha value is -1.32. The lowest BCUT2D eigenvalue weighted by atomic mass is 9.48. The van der Waals surface area contributed by atoms with E-state index in [9.17, 15) is 9.59 Å². The number of hydrogen-bond donors (Lipinski definition) is 2. The molecule has 7 atom stereocenters. The third kappa shape index (κ3) is 3.03. The van der Waals surface area contributed by atoms with Gasteiger partial charge in [0.1, 0.15) is 0 Å². The zero-order valence-corrected chi connectivity index (χ0v) is 17.6. The van der Waals surface area contributed by atoms with E-state index in [0.717, 1.165) is 25.2 Å². The molecule has 0 aromatic heterocycles. The number of hydrogen-bond acceptors (Lipinski definition) is 2. The molecule has 7 unspecified atom stereocenters. The van der Waals surface area contributed by atoms with Crippen molar-refractivity contribution in [2.45, 2.75) is 84.7 Å². The number of nitrogens with one attached hydrogen (secondary N) is 2. The van der Waals surface area contributed by atoms with Crippen LogP contribution in [0.5, 0.6) is 0 Å². The fourth-order valence-electron chi connectivity index (χ4n) is 7.00. The van der Waals surface area contributed by atoms with E-state index in [1.807, 2.05) is 0 Å². The van der Waals surface area contributed by atoms with E-state index < -0.39 is 0 Å². The van der Waals surface area contributed by atoms with E-state index in [4.69, 9.17) is 0 Å². The summed E-state index contributed by atoms with van der Waals surface area (Å²) in [5.74, 6) is 2.37. The van der Waals surface area contributed by atoms with Gasteiger partial charge in [0.05, 0.1) is 0 Å². The fourth-order valence-corrected chi connectivity index (χ4v) is 7.00. The number of carbonyl (C=O) groups is 2. The Labute approximate surface area is 163 Å². The van der Waals surface area contributed by atoms with E-state index >= 15 is 0 Å². The average molecular weight is 373 g/mol. The molecule has 0 saturated heterocycles. The normalized spacial score (nSPS) is 46.1. The molecular formula is C23H36N2O2. The minimum atomic E-state index is -0.180. The van der Waals surface area contributed by atoms with Gasteiger partial charge in [-0.2, -0.15) is 0 Å². The second kappa shape index (κ2) is 6.09. The Balaban J connectivity index is 1.62. The van der Waals surface area contributed by atoms with Crippen molar-refractivity contribution in [1.82, 2.24) is 10.6 Å². The molecule has 1 heterocycles. The quantitative estimate of drug-likeness (QED) is 0.735. The molecule has 0 spiro atoms. The molecule has 4 aliphatic rings. The predicted octanol–water partition coefficient (Wildman–Crippen LogP) is 3.81. The van der Waals surface area contributed by atoms with Crippen molar-refractivity contribution in [2.75, 3.05) is 0 Å². The Morgan fingerprint density at radius 1 is 1.19 bits per heavy atom. The van der Waals surface area contributed by atoms with Crippen LogP contribution in [0.3, 0.4) is 0 Å². The van der Waals surface area contributed by atoms with Crippen LogP contribution in [0.1, 0.15) is 73.1 Å². The largest absolute Gasteiger partial charge is 0.351 e. The molecule has 0 radical (unpaired) electrons.